The monoisotopic (exact) mass is 278 g/mol. The molecule has 0 aromatic carbocycles. The van der Waals surface area contributed by atoms with Crippen molar-refractivity contribution in [2.75, 3.05) is 0 Å². The number of rotatable bonds is 5. The van der Waals surface area contributed by atoms with Crippen LogP contribution in [-0.4, -0.2) is 30.5 Å². The fourth-order valence-electron chi connectivity index (χ4n) is 1.13. The summed E-state index contributed by atoms with van der Waals surface area (Å²) in [5.41, 5.74) is 5.38. The smallest absolute Gasteiger partial charge is 0.252 e. The molecule has 1 aromatic heterocycles. The van der Waals surface area contributed by atoms with Crippen molar-refractivity contribution in [3.05, 3.63) is 11.2 Å². The highest BCUT2D eigenvalue weighted by Crippen LogP contribution is 2.18. The number of aromatic nitrogens is 1. The molecule has 0 bridgehead atoms. The summed E-state index contributed by atoms with van der Waals surface area (Å²) in [7, 11) is -3.67. The topological polar surface area (TPSA) is 118 Å². The van der Waals surface area contributed by atoms with E-state index >= 15 is 0 Å². The molecule has 4 N–H and O–H groups in total. The van der Waals surface area contributed by atoms with Crippen LogP contribution in [0.2, 0.25) is 0 Å². The highest BCUT2D eigenvalue weighted by molar-refractivity contribution is 7.91. The predicted molar refractivity (Wildman–Crippen MR) is 64.7 cm³/mol. The molecule has 0 saturated heterocycles. The summed E-state index contributed by atoms with van der Waals surface area (Å²) in [6.45, 7) is 3.44. The summed E-state index contributed by atoms with van der Waals surface area (Å²) in [5, 5.41) is 12.0. The Kier molecular flexibility index (Phi) is 4.43. The molecule has 1 unspecified atom stereocenters. The molecule has 0 saturated carbocycles. The van der Waals surface area contributed by atoms with E-state index < -0.39 is 16.1 Å². The van der Waals surface area contributed by atoms with E-state index in [0.29, 0.717) is 11.4 Å². The van der Waals surface area contributed by atoms with Crippen molar-refractivity contribution in [1.82, 2.24) is 9.71 Å². The minimum atomic E-state index is -3.67. The number of thiazole rings is 1. The summed E-state index contributed by atoms with van der Waals surface area (Å²) < 4.78 is 26.3. The van der Waals surface area contributed by atoms with Crippen LogP contribution in [0.5, 0.6) is 0 Å². The van der Waals surface area contributed by atoms with Crippen LogP contribution in [0.3, 0.4) is 0 Å². The number of nitrogens with zero attached hydrogens (tertiary/aromatic N) is 2. The van der Waals surface area contributed by atoms with Crippen molar-refractivity contribution >= 4 is 27.2 Å². The van der Waals surface area contributed by atoms with E-state index in [-0.39, 0.29) is 10.0 Å². The van der Waals surface area contributed by atoms with Crippen molar-refractivity contribution < 1.29 is 13.6 Å². The van der Waals surface area contributed by atoms with Gasteiger partial charge in [-0.1, -0.05) is 12.1 Å². The van der Waals surface area contributed by atoms with Crippen LogP contribution in [0.15, 0.2) is 15.6 Å². The number of hydrogen-bond acceptors (Lipinski definition) is 6. The lowest BCUT2D eigenvalue weighted by atomic mass is 10.2. The Morgan fingerprint density at radius 3 is 2.82 bits per heavy atom. The maximum atomic E-state index is 11.9. The molecule has 1 heterocycles. The first-order chi connectivity index (χ1) is 7.90. The second-order valence-corrected chi connectivity index (χ2v) is 6.48. The minimum absolute atomic E-state index is 0.110. The zero-order chi connectivity index (χ0) is 13.1. The third-order valence-corrected chi connectivity index (χ3v) is 4.89. The van der Waals surface area contributed by atoms with Crippen molar-refractivity contribution in [2.45, 2.75) is 30.5 Å². The summed E-state index contributed by atoms with van der Waals surface area (Å²) >= 11 is 1.06. The van der Waals surface area contributed by atoms with Crippen LogP contribution in [0, 0.1) is 6.92 Å². The largest absolute Gasteiger partial charge is 0.409 e. The highest BCUT2D eigenvalue weighted by atomic mass is 32.2. The van der Waals surface area contributed by atoms with E-state index in [9.17, 15) is 8.42 Å². The van der Waals surface area contributed by atoms with Crippen LogP contribution in [0.25, 0.3) is 0 Å². The molecular formula is C8H14N4O3S2. The van der Waals surface area contributed by atoms with Crippen LogP contribution in [-0.2, 0) is 10.0 Å². The van der Waals surface area contributed by atoms with Gasteiger partial charge < -0.3 is 10.9 Å². The number of hydrogen-bond donors (Lipinski definition) is 3. The van der Waals surface area contributed by atoms with Crippen LogP contribution in [0.4, 0.5) is 0 Å². The predicted octanol–water partition coefficient (Wildman–Crippen LogP) is 0.255. The van der Waals surface area contributed by atoms with E-state index in [2.05, 4.69) is 14.9 Å². The first kappa shape index (κ1) is 13.9. The third-order valence-electron chi connectivity index (χ3n) is 2.04. The fraction of sp³-hybridized carbons (Fsp3) is 0.500. The average molecular weight is 278 g/mol. The van der Waals surface area contributed by atoms with Gasteiger partial charge in [-0.3, -0.25) is 0 Å². The summed E-state index contributed by atoms with van der Waals surface area (Å²) in [6.07, 6.45) is 1.66. The molecule has 0 aliphatic carbocycles. The van der Waals surface area contributed by atoms with Gasteiger partial charge in [0.1, 0.15) is 0 Å². The molecule has 0 aliphatic rings. The lowest BCUT2D eigenvalue weighted by Crippen LogP contribution is -2.43. The Morgan fingerprint density at radius 1 is 1.76 bits per heavy atom. The molecule has 17 heavy (non-hydrogen) atoms. The summed E-state index contributed by atoms with van der Waals surface area (Å²) in [5.74, 6) is -0.169. The Labute approximate surface area is 103 Å². The quantitative estimate of drug-likeness (QED) is 0.309. The van der Waals surface area contributed by atoms with Crippen molar-refractivity contribution in [2.24, 2.45) is 10.9 Å². The molecule has 96 valence electrons. The first-order valence-corrected chi connectivity index (χ1v) is 7.12. The first-order valence-electron chi connectivity index (χ1n) is 4.83. The van der Waals surface area contributed by atoms with Crippen molar-refractivity contribution in [3.8, 4) is 0 Å². The second-order valence-electron chi connectivity index (χ2n) is 3.31. The second kappa shape index (κ2) is 5.43. The van der Waals surface area contributed by atoms with E-state index in [0.717, 1.165) is 11.3 Å². The van der Waals surface area contributed by atoms with Gasteiger partial charge in [0.05, 0.1) is 17.2 Å². The molecule has 1 aromatic rings. The van der Waals surface area contributed by atoms with Gasteiger partial charge in [0.15, 0.2) is 10.0 Å². The molecular weight excluding hydrogens is 264 g/mol. The van der Waals surface area contributed by atoms with Crippen molar-refractivity contribution in [3.63, 3.8) is 0 Å². The molecule has 7 nitrogen and oxygen atoms in total. The van der Waals surface area contributed by atoms with E-state index in [1.54, 1.807) is 13.8 Å². The van der Waals surface area contributed by atoms with E-state index in [4.69, 9.17) is 10.9 Å². The standard InChI is InChI=1S/C8H14N4O3S2/c1-3-6(8(9)11-13)12-17(14,15)7-4-10-5(2)16-7/h4,6,12-13H,3H2,1-2H3,(H2,9,11). The maximum absolute atomic E-state index is 11.9. The molecule has 0 radical (unpaired) electrons. The Morgan fingerprint density at radius 2 is 2.41 bits per heavy atom. The fourth-order valence-corrected chi connectivity index (χ4v) is 3.55. The normalized spacial score (nSPS) is 14.8. The van der Waals surface area contributed by atoms with Gasteiger partial charge in [-0.15, -0.1) is 11.3 Å². The molecule has 0 aliphatic heterocycles. The van der Waals surface area contributed by atoms with Gasteiger partial charge >= 0.3 is 0 Å². The maximum Gasteiger partial charge on any atom is 0.252 e. The molecule has 0 fully saturated rings. The molecule has 0 spiro atoms. The van der Waals surface area contributed by atoms with Gasteiger partial charge in [0, 0.05) is 0 Å². The number of oxime groups is 1. The third kappa shape index (κ3) is 3.38. The SMILES string of the molecule is CCC(NS(=O)(=O)c1cnc(C)s1)C(N)=NO. The van der Waals surface area contributed by atoms with Crippen LogP contribution in [0.1, 0.15) is 18.4 Å². The Hall–Kier alpha value is -1.19. The molecule has 1 rings (SSSR count). The Balaban J connectivity index is 2.93. The van der Waals surface area contributed by atoms with Crippen LogP contribution < -0.4 is 10.5 Å². The number of nitrogens with one attached hydrogen (secondary N) is 1. The molecule has 1 atom stereocenters. The van der Waals surface area contributed by atoms with Crippen molar-refractivity contribution in [1.29, 1.82) is 0 Å². The summed E-state index contributed by atoms with van der Waals surface area (Å²) in [4.78, 5) is 3.87. The van der Waals surface area contributed by atoms with Gasteiger partial charge in [-0.05, 0) is 13.3 Å². The number of amidine groups is 1. The van der Waals surface area contributed by atoms with Gasteiger partial charge in [0.25, 0.3) is 10.0 Å². The minimum Gasteiger partial charge on any atom is -0.409 e. The zero-order valence-electron chi connectivity index (χ0n) is 9.41. The van der Waals surface area contributed by atoms with Gasteiger partial charge in [-0.2, -0.15) is 4.72 Å². The summed E-state index contributed by atoms with van der Waals surface area (Å²) in [6, 6.07) is -0.729. The van der Waals surface area contributed by atoms with E-state index in [1.807, 2.05) is 0 Å². The zero-order valence-corrected chi connectivity index (χ0v) is 11.0. The van der Waals surface area contributed by atoms with Crippen LogP contribution >= 0.6 is 11.3 Å². The van der Waals surface area contributed by atoms with Gasteiger partial charge in [0.2, 0.25) is 0 Å². The number of nitrogens with two attached hydrogens (primary N) is 1. The molecule has 0 amide bonds. The van der Waals surface area contributed by atoms with E-state index in [1.165, 1.54) is 6.20 Å². The lowest BCUT2D eigenvalue weighted by Gasteiger charge is -2.14. The Bertz CT molecular complexity index is 509. The lowest BCUT2D eigenvalue weighted by molar-refractivity contribution is 0.315. The average Bonchev–Trinajstić information content (AvgIpc) is 2.72. The highest BCUT2D eigenvalue weighted by Gasteiger charge is 2.23. The number of aryl methyl sites for hydroxylation is 1. The molecule has 9 heteroatoms. The number of sulfonamides is 1. The van der Waals surface area contributed by atoms with Gasteiger partial charge in [-0.25, -0.2) is 13.4 Å².